The van der Waals surface area contributed by atoms with E-state index in [4.69, 9.17) is 10.5 Å². The average molecular weight is 238 g/mol. The molecule has 16 heavy (non-hydrogen) atoms. The third-order valence-electron chi connectivity index (χ3n) is 2.37. The van der Waals surface area contributed by atoms with Crippen LogP contribution in [0.4, 0.5) is 0 Å². The molecular formula is C11H14N2O2S. The van der Waals surface area contributed by atoms with Gasteiger partial charge in [-0.15, -0.1) is 11.3 Å². The molecule has 5 heteroatoms. The third-order valence-corrected chi connectivity index (χ3v) is 3.28. The lowest BCUT2D eigenvalue weighted by molar-refractivity contribution is 0.101. The summed E-state index contributed by atoms with van der Waals surface area (Å²) in [6.45, 7) is 1.26. The highest BCUT2D eigenvalue weighted by Gasteiger charge is 2.17. The zero-order valence-electron chi connectivity index (χ0n) is 8.94. The van der Waals surface area contributed by atoms with Crippen molar-refractivity contribution in [2.75, 3.05) is 13.2 Å². The molecule has 86 valence electrons. The number of allylic oxidation sites excluding steroid dienone is 1. The van der Waals surface area contributed by atoms with E-state index in [9.17, 15) is 4.79 Å². The van der Waals surface area contributed by atoms with Gasteiger partial charge in [-0.1, -0.05) is 0 Å². The molecule has 0 saturated carbocycles. The molecule has 0 radical (unpaired) electrons. The molecule has 1 aliphatic rings. The van der Waals surface area contributed by atoms with Crippen molar-refractivity contribution in [2.24, 2.45) is 5.73 Å². The molecular weight excluding hydrogens is 224 g/mol. The number of hydrogen-bond acceptors (Lipinski definition) is 5. The van der Waals surface area contributed by atoms with Gasteiger partial charge in [0.05, 0.1) is 17.9 Å². The Hall–Kier alpha value is -1.20. The van der Waals surface area contributed by atoms with E-state index in [1.165, 1.54) is 11.3 Å². The van der Waals surface area contributed by atoms with Crippen LogP contribution in [-0.2, 0) is 11.2 Å². The van der Waals surface area contributed by atoms with Crippen molar-refractivity contribution in [3.63, 3.8) is 0 Å². The molecule has 1 aromatic heterocycles. The number of carbonyl (C=O) groups is 1. The Morgan fingerprint density at radius 2 is 2.50 bits per heavy atom. The standard InChI is InChI=1S/C11H14N2O2S/c12-4-3-10-13-9(7-16-10)11(14)8-2-1-5-15-6-8/h6-7H,1-5,12H2. The molecule has 2 rings (SSSR count). The highest BCUT2D eigenvalue weighted by Crippen LogP contribution is 2.19. The normalized spacial score (nSPS) is 15.4. The van der Waals surface area contributed by atoms with E-state index in [1.54, 1.807) is 11.6 Å². The SMILES string of the molecule is NCCc1nc(C(=O)C2=COCCC2)cs1. The molecule has 1 aromatic rings. The molecule has 0 unspecified atom stereocenters. The summed E-state index contributed by atoms with van der Waals surface area (Å²) in [4.78, 5) is 16.2. The summed E-state index contributed by atoms with van der Waals surface area (Å²) < 4.78 is 5.15. The van der Waals surface area contributed by atoms with Crippen LogP contribution in [0.15, 0.2) is 17.2 Å². The van der Waals surface area contributed by atoms with Crippen LogP contribution in [0.1, 0.15) is 28.3 Å². The Kier molecular flexibility index (Phi) is 3.69. The van der Waals surface area contributed by atoms with E-state index < -0.39 is 0 Å². The summed E-state index contributed by atoms with van der Waals surface area (Å²) in [5.74, 6) is -0.0146. The third kappa shape index (κ3) is 2.48. The van der Waals surface area contributed by atoms with Crippen molar-refractivity contribution in [1.29, 1.82) is 0 Å². The van der Waals surface area contributed by atoms with E-state index in [0.29, 0.717) is 18.8 Å². The Labute approximate surface area is 98.1 Å². The Balaban J connectivity index is 2.10. The number of nitrogens with zero attached hydrogens (tertiary/aromatic N) is 1. The summed E-state index contributed by atoms with van der Waals surface area (Å²) in [6, 6.07) is 0. The van der Waals surface area contributed by atoms with Gasteiger partial charge in [-0.2, -0.15) is 0 Å². The molecule has 0 fully saturated rings. The molecule has 1 aliphatic heterocycles. The zero-order chi connectivity index (χ0) is 11.4. The smallest absolute Gasteiger partial charge is 0.211 e. The quantitative estimate of drug-likeness (QED) is 0.808. The second-order valence-electron chi connectivity index (χ2n) is 3.61. The predicted molar refractivity (Wildman–Crippen MR) is 62.5 cm³/mol. The lowest BCUT2D eigenvalue weighted by Gasteiger charge is -2.11. The first kappa shape index (κ1) is 11.3. The maximum atomic E-state index is 12.0. The van der Waals surface area contributed by atoms with Crippen LogP contribution < -0.4 is 5.73 Å². The predicted octanol–water partition coefficient (Wildman–Crippen LogP) is 1.52. The van der Waals surface area contributed by atoms with Crippen molar-refractivity contribution < 1.29 is 9.53 Å². The number of ether oxygens (including phenoxy) is 1. The van der Waals surface area contributed by atoms with Crippen LogP contribution in [0, 0.1) is 0 Å². The van der Waals surface area contributed by atoms with Crippen LogP contribution in [0.2, 0.25) is 0 Å². The topological polar surface area (TPSA) is 65.2 Å². The molecule has 0 spiro atoms. The van der Waals surface area contributed by atoms with Gasteiger partial charge in [0.25, 0.3) is 0 Å². The van der Waals surface area contributed by atoms with Gasteiger partial charge in [0.1, 0.15) is 5.69 Å². The fourth-order valence-electron chi connectivity index (χ4n) is 1.55. The lowest BCUT2D eigenvalue weighted by atomic mass is 10.0. The zero-order valence-corrected chi connectivity index (χ0v) is 9.76. The van der Waals surface area contributed by atoms with E-state index in [2.05, 4.69) is 4.98 Å². The van der Waals surface area contributed by atoms with Crippen molar-refractivity contribution >= 4 is 17.1 Å². The van der Waals surface area contributed by atoms with E-state index in [1.807, 2.05) is 0 Å². The highest BCUT2D eigenvalue weighted by atomic mass is 32.1. The van der Waals surface area contributed by atoms with Gasteiger partial charge in [0.2, 0.25) is 5.78 Å². The number of carbonyl (C=O) groups excluding carboxylic acids is 1. The molecule has 2 N–H and O–H groups in total. The fourth-order valence-corrected chi connectivity index (χ4v) is 2.34. The molecule has 4 nitrogen and oxygen atoms in total. The van der Waals surface area contributed by atoms with E-state index in [0.717, 1.165) is 29.8 Å². The first-order chi connectivity index (χ1) is 7.81. The van der Waals surface area contributed by atoms with Gasteiger partial charge in [-0.25, -0.2) is 4.98 Å². The first-order valence-corrected chi connectivity index (χ1v) is 6.19. The number of hydrogen-bond donors (Lipinski definition) is 1. The fraction of sp³-hybridized carbons (Fsp3) is 0.455. The minimum absolute atomic E-state index is 0.0146. The molecule has 0 saturated heterocycles. The van der Waals surface area contributed by atoms with Crippen molar-refractivity contribution in [1.82, 2.24) is 4.98 Å². The van der Waals surface area contributed by atoms with Crippen LogP contribution in [0.25, 0.3) is 0 Å². The molecule has 0 amide bonds. The minimum Gasteiger partial charge on any atom is -0.501 e. The van der Waals surface area contributed by atoms with Crippen molar-refractivity contribution in [2.45, 2.75) is 19.3 Å². The minimum atomic E-state index is -0.0146. The van der Waals surface area contributed by atoms with Crippen LogP contribution in [-0.4, -0.2) is 23.9 Å². The number of aromatic nitrogens is 1. The number of thiazole rings is 1. The van der Waals surface area contributed by atoms with E-state index >= 15 is 0 Å². The maximum absolute atomic E-state index is 12.0. The monoisotopic (exact) mass is 238 g/mol. The molecule has 0 aliphatic carbocycles. The summed E-state index contributed by atoms with van der Waals surface area (Å²) in [7, 11) is 0. The second kappa shape index (κ2) is 5.23. The van der Waals surface area contributed by atoms with Gasteiger partial charge in [0, 0.05) is 17.4 Å². The highest BCUT2D eigenvalue weighted by molar-refractivity contribution is 7.09. The van der Waals surface area contributed by atoms with Gasteiger partial charge in [-0.05, 0) is 19.4 Å². The van der Waals surface area contributed by atoms with Gasteiger partial charge in [0.15, 0.2) is 0 Å². The summed E-state index contributed by atoms with van der Waals surface area (Å²) >= 11 is 1.49. The largest absolute Gasteiger partial charge is 0.501 e. The van der Waals surface area contributed by atoms with Gasteiger partial charge in [-0.3, -0.25) is 4.79 Å². The van der Waals surface area contributed by atoms with Gasteiger partial charge < -0.3 is 10.5 Å². The van der Waals surface area contributed by atoms with Gasteiger partial charge >= 0.3 is 0 Å². The lowest BCUT2D eigenvalue weighted by Crippen LogP contribution is -2.10. The molecule has 0 aromatic carbocycles. The summed E-state index contributed by atoms with van der Waals surface area (Å²) in [5.41, 5.74) is 6.68. The van der Waals surface area contributed by atoms with Crippen LogP contribution >= 0.6 is 11.3 Å². The number of nitrogens with two attached hydrogens (primary N) is 1. The second-order valence-corrected chi connectivity index (χ2v) is 4.55. The molecule has 0 bridgehead atoms. The number of rotatable bonds is 4. The van der Waals surface area contributed by atoms with Crippen LogP contribution in [0.3, 0.4) is 0 Å². The molecule has 0 atom stereocenters. The van der Waals surface area contributed by atoms with Crippen molar-refractivity contribution in [3.05, 3.63) is 27.9 Å². The van der Waals surface area contributed by atoms with Crippen LogP contribution in [0.5, 0.6) is 0 Å². The molecule has 2 heterocycles. The first-order valence-electron chi connectivity index (χ1n) is 5.31. The maximum Gasteiger partial charge on any atom is 0.211 e. The Bertz CT molecular complexity index is 412. The Morgan fingerprint density at radius 3 is 3.19 bits per heavy atom. The summed E-state index contributed by atoms with van der Waals surface area (Å²) in [5, 5.41) is 2.71. The Morgan fingerprint density at radius 1 is 1.62 bits per heavy atom. The average Bonchev–Trinajstić information content (AvgIpc) is 2.78. The number of ketones is 1. The number of Topliss-reactive ketones (excluding diaryl/α,β-unsaturated/α-hetero) is 1. The van der Waals surface area contributed by atoms with Crippen molar-refractivity contribution in [3.8, 4) is 0 Å². The summed E-state index contributed by atoms with van der Waals surface area (Å²) in [6.07, 6.45) is 3.97. The van der Waals surface area contributed by atoms with E-state index in [-0.39, 0.29) is 5.78 Å².